The van der Waals surface area contributed by atoms with Gasteiger partial charge in [-0.15, -0.1) is 0 Å². The molecule has 13 heavy (non-hydrogen) atoms. The van der Waals surface area contributed by atoms with Crippen molar-refractivity contribution in [3.05, 3.63) is 0 Å². The van der Waals surface area contributed by atoms with Crippen LogP contribution in [0.25, 0.3) is 0 Å². The fourth-order valence-electron chi connectivity index (χ4n) is 0.577. The Morgan fingerprint density at radius 3 is 2.54 bits per heavy atom. The summed E-state index contributed by atoms with van der Waals surface area (Å²) in [6.45, 7) is 7.50. The smallest absolute Gasteiger partial charge is 0.220 e. The second kappa shape index (κ2) is 8.74. The highest BCUT2D eigenvalue weighted by Crippen LogP contribution is 2.14. The highest BCUT2D eigenvalue weighted by molar-refractivity contribution is 8.23. The van der Waals surface area contributed by atoms with Gasteiger partial charge in [0.1, 0.15) is 0 Å². The van der Waals surface area contributed by atoms with Crippen LogP contribution in [0.2, 0.25) is 0 Å². The fourth-order valence-corrected chi connectivity index (χ4v) is 1.83. The molecule has 0 fully saturated rings. The first-order chi connectivity index (χ1) is 6.20. The minimum atomic E-state index is 0.255. The fraction of sp³-hybridized carbons (Fsp3) is 0.875. The van der Waals surface area contributed by atoms with E-state index in [-0.39, 0.29) is 5.25 Å². The normalized spacial score (nSPS) is 12.5. The summed E-state index contributed by atoms with van der Waals surface area (Å²) < 4.78 is 5.68. The van der Waals surface area contributed by atoms with Gasteiger partial charge < -0.3 is 4.74 Å². The molecule has 0 saturated carbocycles. The number of ether oxygens (including phenoxy) is 1. The zero-order valence-electron chi connectivity index (χ0n) is 8.24. The van der Waals surface area contributed by atoms with Crippen molar-refractivity contribution < 1.29 is 14.5 Å². The van der Waals surface area contributed by atoms with Crippen molar-refractivity contribution in [1.29, 1.82) is 0 Å². The van der Waals surface area contributed by atoms with Crippen LogP contribution in [0.5, 0.6) is 0 Å². The summed E-state index contributed by atoms with van der Waals surface area (Å²) in [5.74, 6) is 0. The van der Waals surface area contributed by atoms with Gasteiger partial charge in [0, 0.05) is 5.25 Å². The molecular formula is C8H16O3S2. The van der Waals surface area contributed by atoms with Crippen LogP contribution < -0.4 is 0 Å². The molecule has 78 valence electrons. The Labute approximate surface area is 89.0 Å². The second-order valence-electron chi connectivity index (χ2n) is 2.30. The molecule has 3 nitrogen and oxygen atoms in total. The first kappa shape index (κ1) is 13.2. The van der Waals surface area contributed by atoms with E-state index in [1.165, 1.54) is 11.8 Å². The van der Waals surface area contributed by atoms with Crippen LogP contribution in [0.1, 0.15) is 20.8 Å². The molecule has 0 heterocycles. The molecule has 0 N–H and O–H groups in total. The van der Waals surface area contributed by atoms with Gasteiger partial charge in [0.25, 0.3) is 0 Å². The summed E-state index contributed by atoms with van der Waals surface area (Å²) in [4.78, 5) is 9.64. The minimum absolute atomic E-state index is 0.255. The average Bonchev–Trinajstić information content (AvgIpc) is 2.05. The van der Waals surface area contributed by atoms with Crippen LogP contribution >= 0.6 is 24.0 Å². The van der Waals surface area contributed by atoms with E-state index in [1.54, 1.807) is 0 Å². The lowest BCUT2D eigenvalue weighted by Crippen LogP contribution is -2.11. The van der Waals surface area contributed by atoms with Gasteiger partial charge in [-0.25, -0.2) is 9.78 Å². The van der Waals surface area contributed by atoms with Crippen LogP contribution in [0, 0.1) is 0 Å². The van der Waals surface area contributed by atoms with Crippen LogP contribution in [0.4, 0.5) is 0 Å². The molecular weight excluding hydrogens is 208 g/mol. The summed E-state index contributed by atoms with van der Waals surface area (Å²) in [6.07, 6.45) is 0. The Morgan fingerprint density at radius 1 is 1.31 bits per heavy atom. The Morgan fingerprint density at radius 2 is 2.00 bits per heavy atom. The monoisotopic (exact) mass is 224 g/mol. The Kier molecular flexibility index (Phi) is 8.85. The lowest BCUT2D eigenvalue weighted by molar-refractivity contribution is -0.289. The second-order valence-corrected chi connectivity index (χ2v) is 4.34. The SMILES string of the molecule is CCOOCC(C)SC(=S)OCC. The number of rotatable bonds is 6. The van der Waals surface area contributed by atoms with Gasteiger partial charge in [0.2, 0.25) is 4.38 Å². The standard InChI is InChI=1S/C8H16O3S2/c1-4-9-8(12)13-7(3)6-11-10-5-2/h7H,4-6H2,1-3H3. The summed E-state index contributed by atoms with van der Waals surface area (Å²) >= 11 is 6.43. The van der Waals surface area contributed by atoms with Gasteiger partial charge in [0.15, 0.2) is 0 Å². The molecule has 0 amide bonds. The van der Waals surface area contributed by atoms with Crippen LogP contribution in [-0.4, -0.2) is 29.5 Å². The van der Waals surface area contributed by atoms with Crippen LogP contribution in [0.15, 0.2) is 0 Å². The number of hydrogen-bond donors (Lipinski definition) is 0. The molecule has 5 heteroatoms. The Bertz CT molecular complexity index is 141. The Hall–Kier alpha value is 0.160. The summed E-state index contributed by atoms with van der Waals surface area (Å²) in [5, 5.41) is 0.255. The van der Waals surface area contributed by atoms with Gasteiger partial charge >= 0.3 is 0 Å². The minimum Gasteiger partial charge on any atom is -0.479 e. The topological polar surface area (TPSA) is 27.7 Å². The molecule has 0 aromatic heterocycles. The molecule has 0 radical (unpaired) electrons. The summed E-state index contributed by atoms with van der Waals surface area (Å²) in [5.41, 5.74) is 0. The van der Waals surface area contributed by atoms with Gasteiger partial charge in [-0.2, -0.15) is 0 Å². The van der Waals surface area contributed by atoms with E-state index < -0.39 is 0 Å². The lowest BCUT2D eigenvalue weighted by atomic mass is 10.5. The van der Waals surface area contributed by atoms with Crippen molar-refractivity contribution in [2.75, 3.05) is 19.8 Å². The van der Waals surface area contributed by atoms with Crippen molar-refractivity contribution in [3.63, 3.8) is 0 Å². The predicted molar refractivity (Wildman–Crippen MR) is 58.9 cm³/mol. The molecule has 0 bridgehead atoms. The summed E-state index contributed by atoms with van der Waals surface area (Å²) in [6, 6.07) is 0. The molecule has 0 saturated heterocycles. The zero-order chi connectivity index (χ0) is 10.1. The van der Waals surface area contributed by atoms with Crippen LogP contribution in [0.3, 0.4) is 0 Å². The maximum atomic E-state index is 5.12. The van der Waals surface area contributed by atoms with Crippen molar-refractivity contribution in [2.45, 2.75) is 26.0 Å². The van der Waals surface area contributed by atoms with E-state index in [0.717, 1.165) is 0 Å². The third-order valence-corrected chi connectivity index (χ3v) is 2.32. The molecule has 0 aliphatic carbocycles. The van der Waals surface area contributed by atoms with Crippen molar-refractivity contribution in [2.24, 2.45) is 0 Å². The number of hydrogen-bond acceptors (Lipinski definition) is 5. The van der Waals surface area contributed by atoms with E-state index in [4.69, 9.17) is 26.7 Å². The van der Waals surface area contributed by atoms with E-state index in [2.05, 4.69) is 0 Å². The van der Waals surface area contributed by atoms with Gasteiger partial charge in [-0.05, 0) is 26.1 Å². The van der Waals surface area contributed by atoms with Gasteiger partial charge in [-0.1, -0.05) is 18.7 Å². The summed E-state index contributed by atoms with van der Waals surface area (Å²) in [7, 11) is 0. The van der Waals surface area contributed by atoms with E-state index in [0.29, 0.717) is 24.2 Å². The highest BCUT2D eigenvalue weighted by atomic mass is 32.2. The lowest BCUT2D eigenvalue weighted by Gasteiger charge is -2.10. The van der Waals surface area contributed by atoms with E-state index in [1.807, 2.05) is 20.8 Å². The van der Waals surface area contributed by atoms with Crippen LogP contribution in [-0.2, 0) is 14.5 Å². The molecule has 0 aliphatic rings. The highest BCUT2D eigenvalue weighted by Gasteiger charge is 2.07. The van der Waals surface area contributed by atoms with Crippen molar-refractivity contribution >= 4 is 28.4 Å². The predicted octanol–water partition coefficient (Wildman–Crippen LogP) is 2.40. The number of thiocarbonyl (C=S) groups is 1. The molecule has 1 unspecified atom stereocenters. The van der Waals surface area contributed by atoms with Crippen molar-refractivity contribution in [3.8, 4) is 0 Å². The molecule has 1 atom stereocenters. The quantitative estimate of drug-likeness (QED) is 0.299. The molecule has 0 aromatic carbocycles. The third kappa shape index (κ3) is 8.49. The number of thioether (sulfide) groups is 1. The molecule has 0 aromatic rings. The maximum Gasteiger partial charge on any atom is 0.220 e. The van der Waals surface area contributed by atoms with Gasteiger partial charge in [0.05, 0.1) is 19.8 Å². The molecule has 0 aliphatic heterocycles. The van der Waals surface area contributed by atoms with E-state index >= 15 is 0 Å². The maximum absolute atomic E-state index is 5.12. The molecule has 0 rings (SSSR count). The van der Waals surface area contributed by atoms with Crippen molar-refractivity contribution in [1.82, 2.24) is 0 Å². The van der Waals surface area contributed by atoms with Gasteiger partial charge in [-0.3, -0.25) is 0 Å². The largest absolute Gasteiger partial charge is 0.479 e. The first-order valence-electron chi connectivity index (χ1n) is 4.28. The van der Waals surface area contributed by atoms with E-state index in [9.17, 15) is 0 Å². The first-order valence-corrected chi connectivity index (χ1v) is 5.57. The Balaban J connectivity index is 3.38. The third-order valence-electron chi connectivity index (χ3n) is 1.06. The zero-order valence-corrected chi connectivity index (χ0v) is 9.87. The average molecular weight is 224 g/mol. The molecule has 0 spiro atoms.